The Kier molecular flexibility index (Phi) is 3.11. The predicted molar refractivity (Wildman–Crippen MR) is 67.4 cm³/mol. The molecule has 0 atom stereocenters. The monoisotopic (exact) mass is 267 g/mol. The summed E-state index contributed by atoms with van der Waals surface area (Å²) in [6.45, 7) is 1.77. The van der Waals surface area contributed by atoms with E-state index < -0.39 is 17.2 Å². The number of aliphatic carboxylic acids is 1. The molecule has 0 aliphatic carbocycles. The van der Waals surface area contributed by atoms with Gasteiger partial charge in [0.2, 0.25) is 5.95 Å². The van der Waals surface area contributed by atoms with Crippen molar-refractivity contribution in [2.24, 2.45) is 7.05 Å². The summed E-state index contributed by atoms with van der Waals surface area (Å²) >= 11 is 0. The van der Waals surface area contributed by atoms with E-state index in [0.717, 1.165) is 4.57 Å². The lowest BCUT2D eigenvalue weighted by Gasteiger charge is -2.04. The number of carboxylic acid groups (broad SMARTS) is 1. The fourth-order valence-corrected chi connectivity index (χ4v) is 1.76. The van der Waals surface area contributed by atoms with Crippen LogP contribution in [0.2, 0.25) is 0 Å². The highest BCUT2D eigenvalue weighted by atomic mass is 16.4. The fraction of sp³-hybridized carbons (Fsp3) is 0.400. The van der Waals surface area contributed by atoms with Crippen molar-refractivity contribution < 1.29 is 9.90 Å². The molecule has 0 fully saturated rings. The zero-order valence-corrected chi connectivity index (χ0v) is 10.4. The SMILES string of the molecule is CCn1c(=O)n(C)c(=O)c2[nH]c(NCC(=O)O)nc21. The van der Waals surface area contributed by atoms with E-state index in [1.807, 2.05) is 0 Å². The minimum Gasteiger partial charge on any atom is -0.480 e. The number of carbonyl (C=O) groups is 1. The van der Waals surface area contributed by atoms with Gasteiger partial charge in [-0.2, -0.15) is 4.98 Å². The topological polar surface area (TPSA) is 122 Å². The highest BCUT2D eigenvalue weighted by Crippen LogP contribution is 2.08. The van der Waals surface area contributed by atoms with E-state index in [2.05, 4.69) is 15.3 Å². The van der Waals surface area contributed by atoms with E-state index in [4.69, 9.17) is 5.11 Å². The van der Waals surface area contributed by atoms with Crippen LogP contribution in [0.1, 0.15) is 6.92 Å². The highest BCUT2D eigenvalue weighted by molar-refractivity contribution is 5.75. The molecule has 19 heavy (non-hydrogen) atoms. The summed E-state index contributed by atoms with van der Waals surface area (Å²) < 4.78 is 2.31. The Balaban J connectivity index is 2.64. The third-order valence-corrected chi connectivity index (χ3v) is 2.70. The summed E-state index contributed by atoms with van der Waals surface area (Å²) in [4.78, 5) is 41.0. The molecule has 0 bridgehead atoms. The average molecular weight is 267 g/mol. The molecule has 9 heteroatoms. The summed E-state index contributed by atoms with van der Waals surface area (Å²) in [5.74, 6) is -0.913. The molecular weight excluding hydrogens is 254 g/mol. The van der Waals surface area contributed by atoms with Crippen molar-refractivity contribution in [2.45, 2.75) is 13.5 Å². The number of H-pyrrole nitrogens is 1. The van der Waals surface area contributed by atoms with E-state index in [0.29, 0.717) is 6.54 Å². The Morgan fingerprint density at radius 3 is 2.74 bits per heavy atom. The molecule has 2 rings (SSSR count). The van der Waals surface area contributed by atoms with E-state index in [1.165, 1.54) is 11.6 Å². The lowest BCUT2D eigenvalue weighted by Crippen LogP contribution is -2.37. The van der Waals surface area contributed by atoms with Crippen LogP contribution in [0.4, 0.5) is 5.95 Å². The Bertz CT molecular complexity index is 754. The number of hydrogen-bond acceptors (Lipinski definition) is 5. The average Bonchev–Trinajstić information content (AvgIpc) is 2.78. The molecule has 0 amide bonds. The smallest absolute Gasteiger partial charge is 0.332 e. The van der Waals surface area contributed by atoms with Gasteiger partial charge in [-0.3, -0.25) is 18.7 Å². The number of rotatable bonds is 4. The van der Waals surface area contributed by atoms with Gasteiger partial charge in [-0.15, -0.1) is 0 Å². The van der Waals surface area contributed by atoms with Crippen molar-refractivity contribution >= 4 is 23.1 Å². The zero-order valence-electron chi connectivity index (χ0n) is 10.4. The van der Waals surface area contributed by atoms with Crippen molar-refractivity contribution in [3.8, 4) is 0 Å². The molecule has 0 saturated carbocycles. The first-order chi connectivity index (χ1) is 8.95. The van der Waals surface area contributed by atoms with Crippen LogP contribution in [-0.2, 0) is 18.4 Å². The summed E-state index contributed by atoms with van der Waals surface area (Å²) in [5, 5.41) is 11.1. The van der Waals surface area contributed by atoms with Crippen LogP contribution >= 0.6 is 0 Å². The quantitative estimate of drug-likeness (QED) is 0.649. The molecular formula is C10H13N5O4. The van der Waals surface area contributed by atoms with Crippen molar-refractivity contribution in [1.82, 2.24) is 19.1 Å². The maximum Gasteiger partial charge on any atom is 0.332 e. The standard InChI is InChI=1S/C10H13N5O4/c1-3-15-7-6(8(18)14(2)10(15)19)12-9(13-7)11-4-5(16)17/h3-4H2,1-2H3,(H,16,17)(H2,11,12,13). The number of imidazole rings is 1. The van der Waals surface area contributed by atoms with E-state index in [1.54, 1.807) is 6.92 Å². The van der Waals surface area contributed by atoms with E-state index >= 15 is 0 Å². The molecule has 2 aromatic rings. The molecule has 0 spiro atoms. The number of nitrogens with one attached hydrogen (secondary N) is 2. The van der Waals surface area contributed by atoms with Crippen molar-refractivity contribution in [3.63, 3.8) is 0 Å². The maximum absolute atomic E-state index is 11.9. The molecule has 0 aliphatic rings. The lowest BCUT2D eigenvalue weighted by atomic mass is 10.5. The molecule has 2 aromatic heterocycles. The second-order valence-electron chi connectivity index (χ2n) is 3.92. The number of aryl methyl sites for hydroxylation is 1. The van der Waals surface area contributed by atoms with Crippen LogP contribution in [0, 0.1) is 0 Å². The van der Waals surface area contributed by atoms with Gasteiger partial charge in [-0.1, -0.05) is 0 Å². The summed E-state index contributed by atoms with van der Waals surface area (Å²) in [7, 11) is 1.38. The third kappa shape index (κ3) is 2.09. The predicted octanol–water partition coefficient (Wildman–Crippen LogP) is -1.06. The van der Waals surface area contributed by atoms with Gasteiger partial charge in [0.1, 0.15) is 6.54 Å². The van der Waals surface area contributed by atoms with Crippen LogP contribution in [0.3, 0.4) is 0 Å². The Hall–Kier alpha value is -2.58. The highest BCUT2D eigenvalue weighted by Gasteiger charge is 2.14. The second kappa shape index (κ2) is 4.59. The summed E-state index contributed by atoms with van der Waals surface area (Å²) in [5.41, 5.74) is -0.586. The first-order valence-electron chi connectivity index (χ1n) is 5.61. The minimum atomic E-state index is -1.05. The lowest BCUT2D eigenvalue weighted by molar-refractivity contribution is -0.134. The molecule has 0 radical (unpaired) electrons. The number of aromatic amines is 1. The summed E-state index contributed by atoms with van der Waals surface area (Å²) in [6.07, 6.45) is 0. The molecule has 2 heterocycles. The first kappa shape index (κ1) is 12.9. The molecule has 3 N–H and O–H groups in total. The van der Waals surface area contributed by atoms with Gasteiger partial charge in [0, 0.05) is 13.6 Å². The number of aromatic nitrogens is 4. The van der Waals surface area contributed by atoms with Crippen LogP contribution in [0.5, 0.6) is 0 Å². The summed E-state index contributed by atoms with van der Waals surface area (Å²) in [6, 6.07) is 0. The minimum absolute atomic E-state index is 0.141. The van der Waals surface area contributed by atoms with Crippen molar-refractivity contribution in [2.75, 3.05) is 11.9 Å². The molecule has 0 aromatic carbocycles. The van der Waals surface area contributed by atoms with Crippen molar-refractivity contribution in [3.05, 3.63) is 20.8 Å². The van der Waals surface area contributed by atoms with Gasteiger partial charge >= 0.3 is 11.7 Å². The number of anilines is 1. The van der Waals surface area contributed by atoms with Crippen LogP contribution in [0.25, 0.3) is 11.2 Å². The van der Waals surface area contributed by atoms with Gasteiger partial charge in [-0.05, 0) is 6.92 Å². The number of hydrogen-bond donors (Lipinski definition) is 3. The number of nitrogens with zero attached hydrogens (tertiary/aromatic N) is 3. The van der Waals surface area contributed by atoms with Gasteiger partial charge in [-0.25, -0.2) is 4.79 Å². The Morgan fingerprint density at radius 2 is 2.16 bits per heavy atom. The van der Waals surface area contributed by atoms with Crippen LogP contribution in [-0.4, -0.2) is 36.7 Å². The molecule has 0 aliphatic heterocycles. The van der Waals surface area contributed by atoms with Crippen LogP contribution < -0.4 is 16.6 Å². The second-order valence-corrected chi connectivity index (χ2v) is 3.92. The van der Waals surface area contributed by atoms with Gasteiger partial charge < -0.3 is 15.4 Å². The first-order valence-corrected chi connectivity index (χ1v) is 5.61. The Labute approximate surface area is 106 Å². The zero-order chi connectivity index (χ0) is 14.2. The van der Waals surface area contributed by atoms with Gasteiger partial charge in [0.15, 0.2) is 11.2 Å². The van der Waals surface area contributed by atoms with Crippen molar-refractivity contribution in [1.29, 1.82) is 0 Å². The molecule has 102 valence electrons. The van der Waals surface area contributed by atoms with E-state index in [-0.39, 0.29) is 23.7 Å². The number of fused-ring (bicyclic) bond motifs is 1. The Morgan fingerprint density at radius 1 is 1.47 bits per heavy atom. The van der Waals surface area contributed by atoms with E-state index in [9.17, 15) is 14.4 Å². The fourth-order valence-electron chi connectivity index (χ4n) is 1.76. The van der Waals surface area contributed by atoms with Gasteiger partial charge in [0.25, 0.3) is 5.56 Å². The third-order valence-electron chi connectivity index (χ3n) is 2.70. The largest absolute Gasteiger partial charge is 0.480 e. The molecule has 0 unspecified atom stereocenters. The normalized spacial score (nSPS) is 10.8. The molecule has 0 saturated heterocycles. The van der Waals surface area contributed by atoms with Gasteiger partial charge in [0.05, 0.1) is 0 Å². The van der Waals surface area contributed by atoms with Crippen LogP contribution in [0.15, 0.2) is 9.59 Å². The molecule has 9 nitrogen and oxygen atoms in total. The maximum atomic E-state index is 11.9. The number of carboxylic acids is 1.